The van der Waals surface area contributed by atoms with E-state index < -0.39 is 0 Å². The second kappa shape index (κ2) is 2.72. The van der Waals surface area contributed by atoms with Gasteiger partial charge in [0.1, 0.15) is 11.2 Å². The molecule has 0 radical (unpaired) electrons. The first-order valence-electron chi connectivity index (χ1n) is 2.90. The van der Waals surface area contributed by atoms with Crippen LogP contribution < -0.4 is 0 Å². The predicted octanol–water partition coefficient (Wildman–Crippen LogP) is 1.43. The maximum absolute atomic E-state index is 8.47. The molecular weight excluding hydrogens is 150 g/mol. The minimum atomic E-state index is 0.368. The largest absolute Gasteiger partial charge is 0.321 e. The third-order valence-electron chi connectivity index (χ3n) is 1.19. The zero-order chi connectivity index (χ0) is 7.56. The van der Waals surface area contributed by atoms with E-state index in [4.69, 9.17) is 16.9 Å². The number of hydrogen-bond donors (Lipinski definition) is 0. The van der Waals surface area contributed by atoms with Crippen LogP contribution in [-0.2, 0) is 6.54 Å². The summed E-state index contributed by atoms with van der Waals surface area (Å²) >= 11 is 5.54. The van der Waals surface area contributed by atoms with Gasteiger partial charge in [-0.1, -0.05) is 11.6 Å². The summed E-state index contributed by atoms with van der Waals surface area (Å²) in [6, 6.07) is 1.93. The minimum absolute atomic E-state index is 0.368. The van der Waals surface area contributed by atoms with Crippen LogP contribution in [0.1, 0.15) is 12.7 Å². The van der Waals surface area contributed by atoms with Crippen LogP contribution in [0.5, 0.6) is 0 Å². The van der Waals surface area contributed by atoms with Gasteiger partial charge in [0.15, 0.2) is 0 Å². The van der Waals surface area contributed by atoms with Crippen molar-refractivity contribution < 1.29 is 0 Å². The van der Waals surface area contributed by atoms with Gasteiger partial charge in [-0.2, -0.15) is 5.26 Å². The summed E-state index contributed by atoms with van der Waals surface area (Å²) in [7, 11) is 0. The molecule has 3 nitrogen and oxygen atoms in total. The first-order valence-corrected chi connectivity index (χ1v) is 3.28. The number of hydrogen-bond acceptors (Lipinski definition) is 2. The maximum atomic E-state index is 8.47. The highest BCUT2D eigenvalue weighted by Gasteiger charge is 2.01. The smallest absolute Gasteiger partial charge is 0.214 e. The molecule has 0 atom stereocenters. The van der Waals surface area contributed by atoms with Gasteiger partial charge in [0.05, 0.1) is 0 Å². The number of aromatic nitrogens is 2. The highest BCUT2D eigenvalue weighted by Crippen LogP contribution is 2.06. The maximum Gasteiger partial charge on any atom is 0.214 e. The number of nitrogens with zero attached hydrogens (tertiary/aromatic N) is 3. The number of rotatable bonds is 1. The molecule has 1 aromatic heterocycles. The lowest BCUT2D eigenvalue weighted by Crippen LogP contribution is -1.95. The summed E-state index contributed by atoms with van der Waals surface area (Å²) in [5.41, 5.74) is 0. The van der Waals surface area contributed by atoms with E-state index >= 15 is 0 Å². The number of nitriles is 1. The molecule has 4 heteroatoms. The third kappa shape index (κ3) is 1.12. The number of imidazole rings is 1. The molecular formula is C6H6ClN3. The molecule has 0 saturated carbocycles. The molecule has 0 bridgehead atoms. The number of halogens is 1. The quantitative estimate of drug-likeness (QED) is 0.616. The second-order valence-corrected chi connectivity index (χ2v) is 2.17. The molecule has 0 spiro atoms. The molecule has 0 aliphatic carbocycles. The van der Waals surface area contributed by atoms with Crippen molar-refractivity contribution in [2.45, 2.75) is 13.5 Å². The van der Waals surface area contributed by atoms with E-state index in [9.17, 15) is 0 Å². The van der Waals surface area contributed by atoms with Gasteiger partial charge in [0.2, 0.25) is 5.82 Å². The third-order valence-corrected chi connectivity index (χ3v) is 1.37. The Morgan fingerprint density at radius 3 is 3.00 bits per heavy atom. The summed E-state index contributed by atoms with van der Waals surface area (Å²) in [5, 5.41) is 8.84. The van der Waals surface area contributed by atoms with E-state index in [1.807, 2.05) is 13.0 Å². The number of aryl methyl sites for hydroxylation is 1. The molecule has 1 heterocycles. The van der Waals surface area contributed by atoms with Crippen molar-refractivity contribution in [1.29, 1.82) is 5.26 Å². The van der Waals surface area contributed by atoms with Crippen LogP contribution in [0.3, 0.4) is 0 Å². The van der Waals surface area contributed by atoms with E-state index in [1.54, 1.807) is 10.8 Å². The highest BCUT2D eigenvalue weighted by molar-refractivity contribution is 6.29. The first kappa shape index (κ1) is 7.10. The standard InChI is InChI=1S/C6H6ClN3/c1-2-10-4-5(7)9-6(10)3-8/h4H,2H2,1H3. The summed E-state index contributed by atoms with van der Waals surface area (Å²) < 4.78 is 1.70. The first-order chi connectivity index (χ1) is 4.77. The van der Waals surface area contributed by atoms with Gasteiger partial charge in [-0.05, 0) is 6.92 Å². The van der Waals surface area contributed by atoms with Gasteiger partial charge in [-0.25, -0.2) is 4.98 Å². The van der Waals surface area contributed by atoms with E-state index in [1.165, 1.54) is 0 Å². The fraction of sp³-hybridized carbons (Fsp3) is 0.333. The van der Waals surface area contributed by atoms with Gasteiger partial charge >= 0.3 is 0 Å². The summed E-state index contributed by atoms with van der Waals surface area (Å²) in [5.74, 6) is 0.368. The lowest BCUT2D eigenvalue weighted by molar-refractivity contribution is 0.748. The topological polar surface area (TPSA) is 41.6 Å². The zero-order valence-corrected chi connectivity index (χ0v) is 6.26. The zero-order valence-electron chi connectivity index (χ0n) is 5.50. The van der Waals surface area contributed by atoms with Crippen molar-refractivity contribution in [3.8, 4) is 6.07 Å². The second-order valence-electron chi connectivity index (χ2n) is 1.79. The molecule has 0 amide bonds. The van der Waals surface area contributed by atoms with Crippen LogP contribution in [0, 0.1) is 11.3 Å². The fourth-order valence-electron chi connectivity index (χ4n) is 0.714. The molecule has 0 saturated heterocycles. The van der Waals surface area contributed by atoms with Crippen molar-refractivity contribution in [2.24, 2.45) is 0 Å². The van der Waals surface area contributed by atoms with Crippen molar-refractivity contribution in [2.75, 3.05) is 0 Å². The van der Waals surface area contributed by atoms with Gasteiger partial charge < -0.3 is 4.57 Å². The summed E-state index contributed by atoms with van der Waals surface area (Å²) in [6.07, 6.45) is 1.64. The lowest BCUT2D eigenvalue weighted by Gasteiger charge is -1.92. The summed E-state index contributed by atoms with van der Waals surface area (Å²) in [4.78, 5) is 3.77. The molecule has 1 rings (SSSR count). The lowest BCUT2D eigenvalue weighted by atomic mass is 10.6. The van der Waals surface area contributed by atoms with E-state index in [2.05, 4.69) is 4.98 Å². The van der Waals surface area contributed by atoms with Crippen LogP contribution in [0.25, 0.3) is 0 Å². The van der Waals surface area contributed by atoms with Crippen LogP contribution in [0.4, 0.5) is 0 Å². The molecule has 10 heavy (non-hydrogen) atoms. The Labute approximate surface area is 63.9 Å². The van der Waals surface area contributed by atoms with E-state index in [0.29, 0.717) is 11.0 Å². The Morgan fingerprint density at radius 1 is 1.90 bits per heavy atom. The Morgan fingerprint density at radius 2 is 2.60 bits per heavy atom. The predicted molar refractivity (Wildman–Crippen MR) is 37.6 cm³/mol. The Balaban J connectivity index is 3.12. The van der Waals surface area contributed by atoms with Crippen molar-refractivity contribution in [3.05, 3.63) is 17.2 Å². The van der Waals surface area contributed by atoms with Crippen molar-refractivity contribution >= 4 is 11.6 Å². The van der Waals surface area contributed by atoms with Crippen molar-refractivity contribution in [1.82, 2.24) is 9.55 Å². The van der Waals surface area contributed by atoms with Crippen LogP contribution >= 0.6 is 11.6 Å². The van der Waals surface area contributed by atoms with Crippen LogP contribution in [-0.4, -0.2) is 9.55 Å². The SMILES string of the molecule is CCn1cc(Cl)nc1C#N. The van der Waals surface area contributed by atoms with Gasteiger partial charge in [0, 0.05) is 12.7 Å². The molecule has 0 aromatic carbocycles. The van der Waals surface area contributed by atoms with E-state index in [-0.39, 0.29) is 0 Å². The van der Waals surface area contributed by atoms with Gasteiger partial charge in [-0.3, -0.25) is 0 Å². The molecule has 0 aliphatic heterocycles. The Bertz CT molecular complexity index is 271. The average molecular weight is 156 g/mol. The van der Waals surface area contributed by atoms with Crippen molar-refractivity contribution in [3.63, 3.8) is 0 Å². The average Bonchev–Trinajstić information content (AvgIpc) is 2.30. The molecule has 0 N–H and O–H groups in total. The highest BCUT2D eigenvalue weighted by atomic mass is 35.5. The Kier molecular flexibility index (Phi) is 1.93. The molecule has 0 fully saturated rings. The van der Waals surface area contributed by atoms with Gasteiger partial charge in [-0.15, -0.1) is 0 Å². The normalized spacial score (nSPS) is 9.30. The molecule has 0 aliphatic rings. The monoisotopic (exact) mass is 155 g/mol. The minimum Gasteiger partial charge on any atom is -0.321 e. The molecule has 52 valence electrons. The summed E-state index contributed by atoms with van der Waals surface area (Å²) in [6.45, 7) is 2.65. The van der Waals surface area contributed by atoms with Crippen LogP contribution in [0.2, 0.25) is 5.15 Å². The van der Waals surface area contributed by atoms with E-state index in [0.717, 1.165) is 6.54 Å². The van der Waals surface area contributed by atoms with Crippen LogP contribution in [0.15, 0.2) is 6.20 Å². The van der Waals surface area contributed by atoms with Gasteiger partial charge in [0.25, 0.3) is 0 Å². The molecule has 1 aromatic rings. The molecule has 0 unspecified atom stereocenters. The fourth-order valence-corrected chi connectivity index (χ4v) is 0.912. The Hall–Kier alpha value is -1.01.